The van der Waals surface area contributed by atoms with Gasteiger partial charge in [0.2, 0.25) is 5.88 Å². The molecule has 0 N–H and O–H groups in total. The highest BCUT2D eigenvalue weighted by molar-refractivity contribution is 5.71. The van der Waals surface area contributed by atoms with Crippen LogP contribution in [0.25, 0.3) is 0 Å². The zero-order chi connectivity index (χ0) is 20.6. The lowest BCUT2D eigenvalue weighted by atomic mass is 10.1. The first kappa shape index (κ1) is 20.7. The number of nitrogens with zero attached hydrogens (tertiary/aromatic N) is 4. The van der Waals surface area contributed by atoms with Gasteiger partial charge in [-0.3, -0.25) is 4.90 Å². The standard InChI is InChI=1S/C24H28N4O/c1-5-8-19(3)24(25-15-6-2)27-16-17-28-21(13-14-22(28)18-27)12-11-20-9-7-10-23(26-20)29-4/h6-7,9-10,15,21-22H,2,13-14,16-18H2,1,3-4H3/b24-19-,25-15-. The molecule has 5 heteroatoms. The summed E-state index contributed by atoms with van der Waals surface area (Å²) in [5.41, 5.74) is 1.75. The third kappa shape index (κ3) is 5.08. The number of pyridine rings is 1. The van der Waals surface area contributed by atoms with Crippen molar-refractivity contribution in [3.8, 4) is 29.6 Å². The van der Waals surface area contributed by atoms with Crippen LogP contribution in [0.15, 0.2) is 47.2 Å². The molecule has 1 aromatic rings. The lowest BCUT2D eigenvalue weighted by molar-refractivity contribution is 0.112. The van der Waals surface area contributed by atoms with E-state index in [-0.39, 0.29) is 6.04 Å². The van der Waals surface area contributed by atoms with Crippen LogP contribution in [-0.2, 0) is 0 Å². The van der Waals surface area contributed by atoms with E-state index in [1.54, 1.807) is 19.4 Å². The lowest BCUT2D eigenvalue weighted by Gasteiger charge is -2.40. The zero-order valence-electron chi connectivity index (χ0n) is 17.5. The Balaban J connectivity index is 1.71. The first-order chi connectivity index (χ1) is 14.2. The molecule has 0 radical (unpaired) electrons. The van der Waals surface area contributed by atoms with Crippen molar-refractivity contribution in [1.82, 2.24) is 14.8 Å². The normalized spacial score (nSPS) is 22.1. The van der Waals surface area contributed by atoms with Gasteiger partial charge in [0.25, 0.3) is 0 Å². The third-order valence-corrected chi connectivity index (χ3v) is 5.25. The first-order valence-corrected chi connectivity index (χ1v) is 9.98. The Morgan fingerprint density at radius 1 is 1.34 bits per heavy atom. The average molecular weight is 389 g/mol. The van der Waals surface area contributed by atoms with E-state index in [2.05, 4.69) is 50.0 Å². The van der Waals surface area contributed by atoms with Gasteiger partial charge in [0.15, 0.2) is 0 Å². The predicted octanol–water partition coefficient (Wildman–Crippen LogP) is 3.10. The highest BCUT2D eigenvalue weighted by Crippen LogP contribution is 2.29. The summed E-state index contributed by atoms with van der Waals surface area (Å²) in [5.74, 6) is 14.3. The smallest absolute Gasteiger partial charge is 0.214 e. The molecule has 3 rings (SSSR count). The number of hydrogen-bond donors (Lipinski definition) is 0. The molecule has 29 heavy (non-hydrogen) atoms. The second-order valence-corrected chi connectivity index (χ2v) is 7.10. The van der Waals surface area contributed by atoms with Gasteiger partial charge in [-0.15, -0.1) is 5.92 Å². The molecule has 3 heterocycles. The molecule has 2 atom stereocenters. The molecule has 0 spiro atoms. The molecule has 0 aliphatic carbocycles. The van der Waals surface area contributed by atoms with E-state index in [4.69, 9.17) is 4.74 Å². The van der Waals surface area contributed by atoms with Crippen LogP contribution >= 0.6 is 0 Å². The molecule has 150 valence electrons. The van der Waals surface area contributed by atoms with Gasteiger partial charge in [-0.05, 0) is 38.7 Å². The first-order valence-electron chi connectivity index (χ1n) is 9.98. The summed E-state index contributed by atoms with van der Waals surface area (Å²) < 4.78 is 5.18. The monoisotopic (exact) mass is 388 g/mol. The summed E-state index contributed by atoms with van der Waals surface area (Å²) in [5, 5.41) is 0. The van der Waals surface area contributed by atoms with Crippen molar-refractivity contribution in [3.05, 3.63) is 47.9 Å². The van der Waals surface area contributed by atoms with Crippen molar-refractivity contribution in [2.75, 3.05) is 26.7 Å². The van der Waals surface area contributed by atoms with Crippen LogP contribution in [0.3, 0.4) is 0 Å². The van der Waals surface area contributed by atoms with Crippen LogP contribution in [0.1, 0.15) is 32.4 Å². The number of ether oxygens (including phenoxy) is 1. The quantitative estimate of drug-likeness (QED) is 0.587. The number of aromatic nitrogens is 1. The molecule has 5 nitrogen and oxygen atoms in total. The minimum absolute atomic E-state index is 0.274. The predicted molar refractivity (Wildman–Crippen MR) is 118 cm³/mol. The minimum Gasteiger partial charge on any atom is -0.481 e. The fraction of sp³-hybridized carbons (Fsp3) is 0.417. The van der Waals surface area contributed by atoms with E-state index >= 15 is 0 Å². The maximum atomic E-state index is 5.18. The van der Waals surface area contributed by atoms with Crippen LogP contribution < -0.4 is 4.74 Å². The Morgan fingerprint density at radius 3 is 2.97 bits per heavy atom. The molecule has 2 unspecified atom stereocenters. The van der Waals surface area contributed by atoms with Gasteiger partial charge in [-0.1, -0.05) is 30.6 Å². The van der Waals surface area contributed by atoms with E-state index in [0.29, 0.717) is 11.9 Å². The van der Waals surface area contributed by atoms with E-state index in [0.717, 1.165) is 49.6 Å². The van der Waals surface area contributed by atoms with Crippen molar-refractivity contribution in [2.24, 2.45) is 4.99 Å². The Bertz CT molecular complexity index is 925. The fourth-order valence-electron chi connectivity index (χ4n) is 3.94. The van der Waals surface area contributed by atoms with Crippen LogP contribution in [0.5, 0.6) is 5.88 Å². The Hall–Kier alpha value is -3.02. The molecule has 0 saturated carbocycles. The van der Waals surface area contributed by atoms with Crippen LogP contribution in [0, 0.1) is 23.7 Å². The van der Waals surface area contributed by atoms with Gasteiger partial charge in [0.1, 0.15) is 11.5 Å². The molecule has 2 aliphatic rings. The highest BCUT2D eigenvalue weighted by Gasteiger charge is 2.37. The van der Waals surface area contributed by atoms with Crippen molar-refractivity contribution in [1.29, 1.82) is 0 Å². The molecule has 0 bridgehead atoms. The Labute approximate surface area is 174 Å². The van der Waals surface area contributed by atoms with Gasteiger partial charge < -0.3 is 9.64 Å². The summed E-state index contributed by atoms with van der Waals surface area (Å²) in [6, 6.07) is 6.44. The molecular weight excluding hydrogens is 360 g/mol. The van der Waals surface area contributed by atoms with E-state index in [1.165, 1.54) is 0 Å². The average Bonchev–Trinajstić information content (AvgIpc) is 3.15. The minimum atomic E-state index is 0.274. The highest BCUT2D eigenvalue weighted by atomic mass is 16.5. The molecule has 0 amide bonds. The van der Waals surface area contributed by atoms with Gasteiger partial charge in [0, 0.05) is 43.5 Å². The topological polar surface area (TPSA) is 41.0 Å². The van der Waals surface area contributed by atoms with Gasteiger partial charge in [-0.2, -0.15) is 0 Å². The molecule has 2 aliphatic heterocycles. The fourth-order valence-corrected chi connectivity index (χ4v) is 3.94. The Kier molecular flexibility index (Phi) is 7.11. The van der Waals surface area contributed by atoms with Gasteiger partial charge in [-0.25, -0.2) is 9.98 Å². The Morgan fingerprint density at radius 2 is 2.21 bits per heavy atom. The zero-order valence-corrected chi connectivity index (χ0v) is 17.5. The van der Waals surface area contributed by atoms with Crippen molar-refractivity contribution in [2.45, 2.75) is 38.8 Å². The molecular formula is C24H28N4O. The lowest BCUT2D eigenvalue weighted by Crippen LogP contribution is -2.51. The van der Waals surface area contributed by atoms with Crippen molar-refractivity contribution in [3.63, 3.8) is 0 Å². The summed E-state index contributed by atoms with van der Waals surface area (Å²) in [6.45, 7) is 10.5. The number of allylic oxidation sites excluding steroid dienone is 2. The number of hydrogen-bond acceptors (Lipinski definition) is 5. The molecule has 1 aromatic heterocycles. The van der Waals surface area contributed by atoms with Crippen LogP contribution in [-0.4, -0.2) is 59.8 Å². The maximum absolute atomic E-state index is 5.18. The van der Waals surface area contributed by atoms with E-state index in [1.807, 2.05) is 32.0 Å². The molecule has 2 saturated heterocycles. The second kappa shape index (κ2) is 9.96. The summed E-state index contributed by atoms with van der Waals surface area (Å²) in [4.78, 5) is 13.9. The third-order valence-electron chi connectivity index (χ3n) is 5.25. The summed E-state index contributed by atoms with van der Waals surface area (Å²) >= 11 is 0. The maximum Gasteiger partial charge on any atom is 0.214 e. The van der Waals surface area contributed by atoms with Crippen LogP contribution in [0.2, 0.25) is 0 Å². The number of piperazine rings is 1. The largest absolute Gasteiger partial charge is 0.481 e. The number of rotatable bonds is 4. The molecule has 2 fully saturated rings. The van der Waals surface area contributed by atoms with Gasteiger partial charge >= 0.3 is 0 Å². The van der Waals surface area contributed by atoms with Gasteiger partial charge in [0.05, 0.1) is 13.2 Å². The molecule has 0 aromatic carbocycles. The van der Waals surface area contributed by atoms with Crippen molar-refractivity contribution < 1.29 is 4.74 Å². The van der Waals surface area contributed by atoms with E-state index < -0.39 is 0 Å². The van der Waals surface area contributed by atoms with E-state index in [9.17, 15) is 0 Å². The second-order valence-electron chi connectivity index (χ2n) is 7.10. The SMILES string of the molecule is C=C/C=N\C(=C(/C)C#CC)N1CCN2C(C#Cc3cccc(OC)n3)CCC2C1. The number of fused-ring (bicyclic) bond motifs is 1. The number of aliphatic imine (C=N–C) groups is 1. The van der Waals surface area contributed by atoms with Crippen molar-refractivity contribution >= 4 is 6.21 Å². The summed E-state index contributed by atoms with van der Waals surface area (Å²) in [6.07, 6.45) is 5.67. The number of methoxy groups -OCH3 is 1. The van der Waals surface area contributed by atoms with Crippen LogP contribution in [0.4, 0.5) is 0 Å². The summed E-state index contributed by atoms with van der Waals surface area (Å²) in [7, 11) is 1.62.